The van der Waals surface area contributed by atoms with Crippen LogP contribution in [-0.2, 0) is 14.3 Å². The van der Waals surface area contributed by atoms with Crippen molar-refractivity contribution in [3.63, 3.8) is 0 Å². The molecule has 2 amide bonds. The predicted octanol–water partition coefficient (Wildman–Crippen LogP) is 2.73. The Labute approximate surface area is 165 Å². The van der Waals surface area contributed by atoms with E-state index in [2.05, 4.69) is 10.6 Å². The van der Waals surface area contributed by atoms with Gasteiger partial charge >= 0.3 is 6.09 Å². The molecule has 156 valence electrons. The third kappa shape index (κ3) is 5.58. The van der Waals surface area contributed by atoms with Gasteiger partial charge in [0.2, 0.25) is 5.91 Å². The topological polar surface area (TPSA) is 107 Å². The van der Waals surface area contributed by atoms with Crippen LogP contribution in [0, 0.1) is 12.3 Å². The molecule has 0 bridgehead atoms. The number of carbonyl (C=O) groups is 3. The molecule has 2 rings (SSSR count). The number of ketones is 1. The van der Waals surface area contributed by atoms with Gasteiger partial charge in [0.15, 0.2) is 11.5 Å². The summed E-state index contributed by atoms with van der Waals surface area (Å²) in [7, 11) is 0. The number of nitrogens with one attached hydrogen (secondary N) is 2. The van der Waals surface area contributed by atoms with Crippen LogP contribution in [0.25, 0.3) is 0 Å². The van der Waals surface area contributed by atoms with Gasteiger partial charge in [-0.15, -0.1) is 0 Å². The molecule has 2 N–H and O–H groups in total. The Balaban J connectivity index is 2.09. The lowest BCUT2D eigenvalue weighted by Crippen LogP contribution is -2.54. The van der Waals surface area contributed by atoms with E-state index >= 15 is 0 Å². The first-order valence-electron chi connectivity index (χ1n) is 9.64. The molecule has 1 saturated heterocycles. The molecule has 8 heteroatoms. The van der Waals surface area contributed by atoms with Crippen LogP contribution in [0.3, 0.4) is 0 Å². The molecule has 0 aliphatic carbocycles. The van der Waals surface area contributed by atoms with E-state index in [1.54, 1.807) is 6.92 Å². The van der Waals surface area contributed by atoms with Crippen LogP contribution in [-0.4, -0.2) is 42.6 Å². The zero-order valence-corrected chi connectivity index (χ0v) is 17.2. The number of carbonyl (C=O) groups excluding carboxylic acids is 3. The van der Waals surface area contributed by atoms with Crippen LogP contribution < -0.4 is 15.4 Å². The Bertz CT molecular complexity index is 711. The minimum atomic E-state index is -0.847. The molecule has 2 unspecified atom stereocenters. The fraction of sp³-hybridized carbons (Fsp3) is 0.650. The average Bonchev–Trinajstić information content (AvgIpc) is 3.20. The molecule has 1 fully saturated rings. The number of Topliss-reactive ketones (excluding diaryl/α,β-unsaturated/α-hetero) is 1. The largest absolute Gasteiger partial charge is 0.466 e. The molecule has 28 heavy (non-hydrogen) atoms. The van der Waals surface area contributed by atoms with Crippen LogP contribution in [0.1, 0.15) is 52.7 Å². The van der Waals surface area contributed by atoms with Gasteiger partial charge < -0.3 is 24.5 Å². The molecule has 1 aliphatic rings. The van der Waals surface area contributed by atoms with Crippen molar-refractivity contribution in [2.75, 3.05) is 6.61 Å². The summed E-state index contributed by atoms with van der Waals surface area (Å²) < 4.78 is 15.7. The molecule has 0 aromatic carbocycles. The van der Waals surface area contributed by atoms with Gasteiger partial charge in [0.25, 0.3) is 0 Å². The molecular formula is C20H30N2O6. The number of furan rings is 1. The fourth-order valence-electron chi connectivity index (χ4n) is 3.02. The number of aryl methyl sites for hydroxylation is 1. The van der Waals surface area contributed by atoms with Crippen molar-refractivity contribution in [2.24, 2.45) is 5.41 Å². The maximum absolute atomic E-state index is 12.9. The fourth-order valence-corrected chi connectivity index (χ4v) is 3.02. The van der Waals surface area contributed by atoms with Crippen molar-refractivity contribution >= 4 is 17.8 Å². The highest BCUT2D eigenvalue weighted by atomic mass is 16.6. The molecule has 2 heterocycles. The summed E-state index contributed by atoms with van der Waals surface area (Å²) in [6, 6.07) is -0.0142. The first-order valence-corrected chi connectivity index (χ1v) is 9.64. The second-order valence-electron chi connectivity index (χ2n) is 7.86. The molecule has 1 aromatic heterocycles. The van der Waals surface area contributed by atoms with E-state index in [0.717, 1.165) is 6.42 Å². The third-order valence-corrected chi connectivity index (χ3v) is 5.19. The van der Waals surface area contributed by atoms with Crippen LogP contribution in [0.4, 0.5) is 4.79 Å². The van der Waals surface area contributed by atoms with E-state index in [1.165, 1.54) is 12.3 Å². The minimum Gasteiger partial charge on any atom is -0.466 e. The first-order chi connectivity index (χ1) is 13.2. The number of hydrogen-bond donors (Lipinski definition) is 2. The van der Waals surface area contributed by atoms with Crippen LogP contribution in [0.2, 0.25) is 0 Å². The third-order valence-electron chi connectivity index (χ3n) is 5.19. The Morgan fingerprint density at radius 2 is 2.07 bits per heavy atom. The minimum absolute atomic E-state index is 0.0101. The van der Waals surface area contributed by atoms with Gasteiger partial charge in [-0.1, -0.05) is 34.1 Å². The summed E-state index contributed by atoms with van der Waals surface area (Å²) in [4.78, 5) is 37.3. The molecule has 8 nitrogen and oxygen atoms in total. The number of ether oxygens (including phenoxy) is 2. The van der Waals surface area contributed by atoms with E-state index in [-0.39, 0.29) is 29.7 Å². The zero-order valence-electron chi connectivity index (χ0n) is 17.2. The van der Waals surface area contributed by atoms with Gasteiger partial charge in [-0.3, -0.25) is 9.59 Å². The lowest BCUT2D eigenvalue weighted by Gasteiger charge is -2.29. The Morgan fingerprint density at radius 3 is 2.64 bits per heavy atom. The highest BCUT2D eigenvalue weighted by Gasteiger charge is 2.38. The van der Waals surface area contributed by atoms with Crippen LogP contribution in [0.5, 0.6) is 5.75 Å². The first kappa shape index (κ1) is 21.9. The van der Waals surface area contributed by atoms with E-state index in [0.29, 0.717) is 18.6 Å². The second-order valence-corrected chi connectivity index (χ2v) is 7.86. The Morgan fingerprint density at radius 1 is 1.36 bits per heavy atom. The maximum Gasteiger partial charge on any atom is 0.413 e. The second kappa shape index (κ2) is 9.23. The summed E-state index contributed by atoms with van der Waals surface area (Å²) in [6.45, 7) is 9.60. The number of amides is 2. The predicted molar refractivity (Wildman–Crippen MR) is 102 cm³/mol. The molecule has 1 aromatic rings. The molecular weight excluding hydrogens is 364 g/mol. The lowest BCUT2D eigenvalue weighted by atomic mass is 9.83. The Hall–Kier alpha value is -2.35. The number of hydrogen-bond acceptors (Lipinski definition) is 6. The van der Waals surface area contributed by atoms with Crippen molar-refractivity contribution in [1.29, 1.82) is 0 Å². The monoisotopic (exact) mass is 394 g/mol. The zero-order chi connectivity index (χ0) is 20.9. The normalized spacial score (nSPS) is 20.7. The molecule has 0 radical (unpaired) electrons. The van der Waals surface area contributed by atoms with E-state index in [1.807, 2.05) is 27.7 Å². The SMILES string of the molecule is CCC1OCC(=O)C1NC(=O)[C@H](CC(C)(C)CC)NC(=O)Oc1ccoc1C. The van der Waals surface area contributed by atoms with Crippen molar-refractivity contribution in [1.82, 2.24) is 10.6 Å². The summed E-state index contributed by atoms with van der Waals surface area (Å²) in [5.74, 6) is 0.163. The van der Waals surface area contributed by atoms with Crippen molar-refractivity contribution in [2.45, 2.75) is 72.1 Å². The smallest absolute Gasteiger partial charge is 0.413 e. The average molecular weight is 394 g/mol. The van der Waals surface area contributed by atoms with Crippen LogP contribution >= 0.6 is 0 Å². The highest BCUT2D eigenvalue weighted by Crippen LogP contribution is 2.27. The van der Waals surface area contributed by atoms with Crippen molar-refractivity contribution in [3.8, 4) is 5.75 Å². The standard InChI is InChI=1S/C20H30N2O6/c1-6-15-17(14(23)11-27-15)22-18(24)13(10-20(4,5)7-2)21-19(25)28-16-8-9-26-12(16)3/h8-9,13,15,17H,6-7,10-11H2,1-5H3,(H,21,25)(H,22,24)/t13-,15?,17?/m0/s1. The van der Waals surface area contributed by atoms with Gasteiger partial charge in [-0.05, 0) is 25.2 Å². The van der Waals surface area contributed by atoms with Gasteiger partial charge in [0, 0.05) is 6.07 Å². The van der Waals surface area contributed by atoms with Crippen molar-refractivity contribution in [3.05, 3.63) is 18.1 Å². The van der Waals surface area contributed by atoms with Crippen molar-refractivity contribution < 1.29 is 28.3 Å². The van der Waals surface area contributed by atoms with Gasteiger partial charge in [0.1, 0.15) is 24.5 Å². The molecule has 0 saturated carbocycles. The lowest BCUT2D eigenvalue weighted by molar-refractivity contribution is -0.128. The molecule has 0 spiro atoms. The van der Waals surface area contributed by atoms with Gasteiger partial charge in [0.05, 0.1) is 12.4 Å². The van der Waals surface area contributed by atoms with E-state index in [9.17, 15) is 14.4 Å². The summed E-state index contributed by atoms with van der Waals surface area (Å²) in [6.07, 6.45) is 2.13. The molecule has 1 aliphatic heterocycles. The van der Waals surface area contributed by atoms with Crippen LogP contribution in [0.15, 0.2) is 16.7 Å². The maximum atomic E-state index is 12.9. The highest BCUT2D eigenvalue weighted by molar-refractivity contribution is 5.94. The number of rotatable bonds is 8. The van der Waals surface area contributed by atoms with E-state index in [4.69, 9.17) is 13.9 Å². The Kier molecular flexibility index (Phi) is 7.23. The van der Waals surface area contributed by atoms with Gasteiger partial charge in [-0.25, -0.2) is 4.79 Å². The van der Waals surface area contributed by atoms with E-state index < -0.39 is 24.1 Å². The summed E-state index contributed by atoms with van der Waals surface area (Å²) in [5, 5.41) is 5.38. The van der Waals surface area contributed by atoms with Gasteiger partial charge in [-0.2, -0.15) is 0 Å². The summed E-state index contributed by atoms with van der Waals surface area (Å²) in [5.41, 5.74) is -0.193. The molecule has 3 atom stereocenters. The quantitative estimate of drug-likeness (QED) is 0.702. The summed E-state index contributed by atoms with van der Waals surface area (Å²) >= 11 is 0.